The Morgan fingerprint density at radius 2 is 2.18 bits per heavy atom. The van der Waals surface area contributed by atoms with E-state index in [0.717, 1.165) is 14.9 Å². The normalized spacial score (nSPS) is 12.7. The number of aryl methyl sites for hydroxylation is 1. The molecule has 1 heterocycles. The number of halogens is 2. The van der Waals surface area contributed by atoms with Crippen molar-refractivity contribution < 1.29 is 9.50 Å². The van der Waals surface area contributed by atoms with Crippen LogP contribution in [0.15, 0.2) is 34.1 Å². The van der Waals surface area contributed by atoms with Crippen LogP contribution in [-0.4, -0.2) is 5.11 Å². The van der Waals surface area contributed by atoms with Gasteiger partial charge in [-0.2, -0.15) is 0 Å². The number of benzene rings is 1. The van der Waals surface area contributed by atoms with E-state index in [1.807, 2.05) is 11.4 Å². The maximum absolute atomic E-state index is 13.1. The van der Waals surface area contributed by atoms with Gasteiger partial charge in [0.15, 0.2) is 0 Å². The highest BCUT2D eigenvalue weighted by molar-refractivity contribution is 9.10. The van der Waals surface area contributed by atoms with Crippen molar-refractivity contribution in [3.63, 3.8) is 0 Å². The van der Waals surface area contributed by atoms with Crippen LogP contribution in [0.1, 0.15) is 22.1 Å². The number of aliphatic hydroxyl groups excluding tert-OH is 1. The first-order valence-electron chi connectivity index (χ1n) is 5.23. The van der Waals surface area contributed by atoms with Crippen LogP contribution in [0.25, 0.3) is 0 Å². The molecule has 0 aliphatic rings. The molecule has 0 saturated carbocycles. The van der Waals surface area contributed by atoms with Crippen LogP contribution in [0, 0.1) is 12.7 Å². The molecule has 17 heavy (non-hydrogen) atoms. The summed E-state index contributed by atoms with van der Waals surface area (Å²) in [4.78, 5) is 1.10. The number of aliphatic hydroxyl groups is 1. The fourth-order valence-corrected chi connectivity index (χ4v) is 3.13. The van der Waals surface area contributed by atoms with Crippen LogP contribution in [0.4, 0.5) is 4.39 Å². The average molecular weight is 315 g/mol. The molecule has 4 heteroatoms. The van der Waals surface area contributed by atoms with Gasteiger partial charge < -0.3 is 5.11 Å². The first-order valence-corrected chi connectivity index (χ1v) is 6.90. The molecule has 1 aromatic carbocycles. The predicted molar refractivity (Wildman–Crippen MR) is 71.8 cm³/mol. The number of thiophene rings is 1. The maximum Gasteiger partial charge on any atom is 0.126 e. The molecule has 1 nitrogen and oxygen atoms in total. The number of hydrogen-bond donors (Lipinski definition) is 1. The smallest absolute Gasteiger partial charge is 0.126 e. The van der Waals surface area contributed by atoms with Crippen LogP contribution in [0.3, 0.4) is 0 Å². The van der Waals surface area contributed by atoms with Crippen LogP contribution < -0.4 is 0 Å². The molecular formula is C13H12BrFOS. The molecule has 2 rings (SSSR count). The number of rotatable bonds is 3. The first kappa shape index (κ1) is 12.7. The summed E-state index contributed by atoms with van der Waals surface area (Å²) in [6, 6.07) is 6.72. The monoisotopic (exact) mass is 314 g/mol. The molecule has 1 N–H and O–H groups in total. The zero-order valence-corrected chi connectivity index (χ0v) is 11.7. The van der Waals surface area contributed by atoms with E-state index >= 15 is 0 Å². The zero-order valence-electron chi connectivity index (χ0n) is 9.28. The molecule has 0 fully saturated rings. The fraction of sp³-hybridized carbons (Fsp3) is 0.231. The highest BCUT2D eigenvalue weighted by Crippen LogP contribution is 2.26. The Morgan fingerprint density at radius 3 is 2.76 bits per heavy atom. The van der Waals surface area contributed by atoms with Crippen molar-refractivity contribution >= 4 is 27.3 Å². The lowest BCUT2D eigenvalue weighted by Crippen LogP contribution is -2.01. The molecule has 0 aliphatic carbocycles. The van der Waals surface area contributed by atoms with Gasteiger partial charge in [-0.05, 0) is 46.1 Å². The first-order chi connectivity index (χ1) is 8.06. The van der Waals surface area contributed by atoms with Crippen molar-refractivity contribution in [3.8, 4) is 0 Å². The van der Waals surface area contributed by atoms with E-state index in [1.54, 1.807) is 30.4 Å². The summed E-state index contributed by atoms with van der Waals surface area (Å²) in [6.45, 7) is 1.70. The molecule has 0 bridgehead atoms. The van der Waals surface area contributed by atoms with E-state index in [4.69, 9.17) is 0 Å². The summed E-state index contributed by atoms with van der Waals surface area (Å²) >= 11 is 4.98. The van der Waals surface area contributed by atoms with E-state index in [1.165, 1.54) is 6.07 Å². The van der Waals surface area contributed by atoms with Crippen LogP contribution in [0.5, 0.6) is 0 Å². The van der Waals surface area contributed by atoms with E-state index < -0.39 is 6.10 Å². The molecule has 90 valence electrons. The highest BCUT2D eigenvalue weighted by Gasteiger charge is 2.11. The van der Waals surface area contributed by atoms with Crippen molar-refractivity contribution in [2.45, 2.75) is 19.4 Å². The van der Waals surface area contributed by atoms with E-state index in [0.29, 0.717) is 12.0 Å². The minimum absolute atomic E-state index is 0.236. The second kappa shape index (κ2) is 5.29. The molecular weight excluding hydrogens is 303 g/mol. The third kappa shape index (κ3) is 3.15. The largest absolute Gasteiger partial charge is 0.388 e. The molecule has 0 saturated heterocycles. The molecule has 1 unspecified atom stereocenters. The van der Waals surface area contributed by atoms with Crippen molar-refractivity contribution in [2.75, 3.05) is 0 Å². The van der Waals surface area contributed by atoms with E-state index in [2.05, 4.69) is 15.9 Å². The summed E-state index contributed by atoms with van der Waals surface area (Å²) in [6.07, 6.45) is -0.0266. The Hall–Kier alpha value is -0.710. The van der Waals surface area contributed by atoms with Gasteiger partial charge in [-0.3, -0.25) is 0 Å². The summed E-state index contributed by atoms with van der Waals surface area (Å²) in [5, 5.41) is 12.1. The molecule has 2 aromatic rings. The standard InChI is InChI=1S/C13H12BrFOS/c1-8-4-9(2-3-12(8)15)13(16)6-11-5-10(14)7-17-11/h2-5,7,13,16H,6H2,1H3. The quantitative estimate of drug-likeness (QED) is 0.898. The van der Waals surface area contributed by atoms with Gasteiger partial charge in [0.25, 0.3) is 0 Å². The zero-order chi connectivity index (χ0) is 12.4. The van der Waals surface area contributed by atoms with Gasteiger partial charge in [-0.15, -0.1) is 11.3 Å². The van der Waals surface area contributed by atoms with Crippen molar-refractivity contribution in [1.82, 2.24) is 0 Å². The Balaban J connectivity index is 2.14. The van der Waals surface area contributed by atoms with Gasteiger partial charge in [0, 0.05) is 21.2 Å². The average Bonchev–Trinajstić information content (AvgIpc) is 2.68. The lowest BCUT2D eigenvalue weighted by atomic mass is 10.0. The molecule has 0 radical (unpaired) electrons. The van der Waals surface area contributed by atoms with Crippen molar-refractivity contribution in [1.29, 1.82) is 0 Å². The second-order valence-electron chi connectivity index (χ2n) is 3.96. The van der Waals surface area contributed by atoms with Crippen molar-refractivity contribution in [3.05, 3.63) is 55.9 Å². The Labute approximate surface area is 112 Å². The van der Waals surface area contributed by atoms with Gasteiger partial charge in [0.1, 0.15) is 5.82 Å². The predicted octanol–water partition coefficient (Wildman–Crippen LogP) is 4.23. The molecule has 0 amide bonds. The minimum atomic E-state index is -0.583. The Bertz CT molecular complexity index is 524. The topological polar surface area (TPSA) is 20.2 Å². The summed E-state index contributed by atoms with van der Waals surface area (Å²) in [5.41, 5.74) is 1.32. The summed E-state index contributed by atoms with van der Waals surface area (Å²) < 4.78 is 14.1. The molecule has 0 spiro atoms. The van der Waals surface area contributed by atoms with Gasteiger partial charge in [-0.25, -0.2) is 4.39 Å². The van der Waals surface area contributed by atoms with E-state index in [9.17, 15) is 9.50 Å². The van der Waals surface area contributed by atoms with Crippen LogP contribution in [0.2, 0.25) is 0 Å². The third-order valence-corrected chi connectivity index (χ3v) is 4.30. The van der Waals surface area contributed by atoms with Crippen molar-refractivity contribution in [2.24, 2.45) is 0 Å². The number of hydrogen-bond acceptors (Lipinski definition) is 2. The van der Waals surface area contributed by atoms with Gasteiger partial charge in [0.05, 0.1) is 6.10 Å². The minimum Gasteiger partial charge on any atom is -0.388 e. The molecule has 0 aliphatic heterocycles. The third-order valence-electron chi connectivity index (χ3n) is 2.58. The Morgan fingerprint density at radius 1 is 1.41 bits per heavy atom. The fourth-order valence-electron chi connectivity index (χ4n) is 1.64. The second-order valence-corrected chi connectivity index (χ2v) is 5.87. The lowest BCUT2D eigenvalue weighted by molar-refractivity contribution is 0.179. The summed E-state index contributed by atoms with van der Waals surface area (Å²) in [5.74, 6) is -0.236. The molecule has 1 atom stereocenters. The summed E-state index contributed by atoms with van der Waals surface area (Å²) in [7, 11) is 0. The molecule has 1 aromatic heterocycles. The lowest BCUT2D eigenvalue weighted by Gasteiger charge is -2.10. The highest BCUT2D eigenvalue weighted by atomic mass is 79.9. The SMILES string of the molecule is Cc1cc(C(O)Cc2cc(Br)cs2)ccc1F. The van der Waals surface area contributed by atoms with Crippen LogP contribution >= 0.6 is 27.3 Å². The Kier molecular flexibility index (Phi) is 3.97. The van der Waals surface area contributed by atoms with Crippen LogP contribution in [-0.2, 0) is 6.42 Å². The van der Waals surface area contributed by atoms with Gasteiger partial charge in [0.2, 0.25) is 0 Å². The van der Waals surface area contributed by atoms with Gasteiger partial charge in [-0.1, -0.05) is 12.1 Å². The maximum atomic E-state index is 13.1. The van der Waals surface area contributed by atoms with E-state index in [-0.39, 0.29) is 5.82 Å². The van der Waals surface area contributed by atoms with Gasteiger partial charge >= 0.3 is 0 Å².